The molecule has 0 aliphatic rings. The number of fused-ring (bicyclic) bond motifs is 1. The topological polar surface area (TPSA) is 62.7 Å². The van der Waals surface area contributed by atoms with E-state index < -0.39 is 0 Å². The van der Waals surface area contributed by atoms with Crippen LogP contribution in [-0.2, 0) is 6.54 Å². The predicted octanol–water partition coefficient (Wildman–Crippen LogP) is 3.52. The second-order valence-electron chi connectivity index (χ2n) is 4.64. The molecule has 0 aliphatic carbocycles. The van der Waals surface area contributed by atoms with Gasteiger partial charge >= 0.3 is 0 Å². The van der Waals surface area contributed by atoms with E-state index in [1.165, 1.54) is 0 Å². The molecule has 0 fully saturated rings. The smallest absolute Gasteiger partial charge is 0.226 e. The second-order valence-corrected chi connectivity index (χ2v) is 5.53. The molecule has 5 nitrogen and oxygen atoms in total. The molecule has 108 valence electrons. The van der Waals surface area contributed by atoms with Gasteiger partial charge in [0.15, 0.2) is 0 Å². The molecule has 0 saturated carbocycles. The first-order valence-electron chi connectivity index (χ1n) is 6.99. The Balaban J connectivity index is 1.83. The standard InChI is InChI=1S/C15H17N5S/c1-2-7-17-15-19-13(12-6-9-21-14(12)20-15)18-10-11-5-3-4-8-16-11/h3-6,8-9H,2,7,10H2,1H3,(H2,17,18,19,20). The van der Waals surface area contributed by atoms with Crippen LogP contribution in [0.15, 0.2) is 35.8 Å². The molecule has 0 aliphatic heterocycles. The van der Waals surface area contributed by atoms with E-state index in [0.29, 0.717) is 12.5 Å². The molecule has 6 heteroatoms. The molecule has 0 aromatic carbocycles. The van der Waals surface area contributed by atoms with E-state index in [4.69, 9.17) is 0 Å². The third-order valence-electron chi connectivity index (χ3n) is 3.02. The quantitative estimate of drug-likeness (QED) is 0.729. The SMILES string of the molecule is CCCNc1nc(NCc2ccccn2)c2ccsc2n1. The molecule has 21 heavy (non-hydrogen) atoms. The van der Waals surface area contributed by atoms with Crippen LogP contribution < -0.4 is 10.6 Å². The Morgan fingerprint density at radius 3 is 2.90 bits per heavy atom. The second kappa shape index (κ2) is 6.49. The average Bonchev–Trinajstić information content (AvgIpc) is 3.00. The number of hydrogen-bond donors (Lipinski definition) is 2. The molecule has 0 saturated heterocycles. The van der Waals surface area contributed by atoms with Crippen LogP contribution in [0.1, 0.15) is 19.0 Å². The lowest BCUT2D eigenvalue weighted by molar-refractivity contribution is 0.954. The summed E-state index contributed by atoms with van der Waals surface area (Å²) in [7, 11) is 0. The number of hydrogen-bond acceptors (Lipinski definition) is 6. The van der Waals surface area contributed by atoms with Gasteiger partial charge in [-0.1, -0.05) is 13.0 Å². The van der Waals surface area contributed by atoms with E-state index >= 15 is 0 Å². The molecule has 3 heterocycles. The fourth-order valence-corrected chi connectivity index (χ4v) is 2.75. The number of pyridine rings is 1. The molecule has 2 N–H and O–H groups in total. The van der Waals surface area contributed by atoms with Gasteiger partial charge in [-0.15, -0.1) is 11.3 Å². The van der Waals surface area contributed by atoms with Gasteiger partial charge in [-0.25, -0.2) is 4.98 Å². The Bertz CT molecular complexity index is 710. The van der Waals surface area contributed by atoms with Gasteiger partial charge in [0.2, 0.25) is 5.95 Å². The van der Waals surface area contributed by atoms with Gasteiger partial charge in [-0.05, 0) is 30.0 Å². The molecule has 0 bridgehead atoms. The number of anilines is 2. The zero-order chi connectivity index (χ0) is 14.5. The van der Waals surface area contributed by atoms with Gasteiger partial charge in [-0.2, -0.15) is 4.98 Å². The molecular weight excluding hydrogens is 282 g/mol. The molecule has 0 radical (unpaired) electrons. The van der Waals surface area contributed by atoms with Crippen molar-refractivity contribution < 1.29 is 0 Å². The summed E-state index contributed by atoms with van der Waals surface area (Å²) in [6.07, 6.45) is 2.84. The largest absolute Gasteiger partial charge is 0.364 e. The van der Waals surface area contributed by atoms with Crippen LogP contribution in [0.2, 0.25) is 0 Å². The van der Waals surface area contributed by atoms with Crippen molar-refractivity contribution in [1.29, 1.82) is 0 Å². The molecular formula is C15H17N5S. The lowest BCUT2D eigenvalue weighted by Gasteiger charge is -2.09. The summed E-state index contributed by atoms with van der Waals surface area (Å²) in [4.78, 5) is 14.4. The van der Waals surface area contributed by atoms with Gasteiger partial charge in [0.25, 0.3) is 0 Å². The fourth-order valence-electron chi connectivity index (χ4n) is 1.98. The minimum absolute atomic E-state index is 0.649. The third-order valence-corrected chi connectivity index (χ3v) is 3.83. The number of nitrogens with zero attached hydrogens (tertiary/aromatic N) is 3. The van der Waals surface area contributed by atoms with E-state index in [1.54, 1.807) is 17.5 Å². The minimum Gasteiger partial charge on any atom is -0.364 e. The molecule has 0 unspecified atom stereocenters. The third kappa shape index (κ3) is 3.28. The Kier molecular flexibility index (Phi) is 4.25. The monoisotopic (exact) mass is 299 g/mol. The van der Waals surface area contributed by atoms with E-state index in [9.17, 15) is 0 Å². The van der Waals surface area contributed by atoms with E-state index in [2.05, 4.69) is 32.5 Å². The molecule has 0 atom stereocenters. The Hall–Kier alpha value is -2.21. The van der Waals surface area contributed by atoms with Crippen LogP contribution >= 0.6 is 11.3 Å². The first kappa shape index (κ1) is 13.8. The Labute approximate surface area is 127 Å². The first-order chi connectivity index (χ1) is 10.4. The summed E-state index contributed by atoms with van der Waals surface area (Å²) in [5.74, 6) is 1.53. The van der Waals surface area contributed by atoms with Crippen LogP contribution in [0.3, 0.4) is 0 Å². The molecule has 3 rings (SSSR count). The fraction of sp³-hybridized carbons (Fsp3) is 0.267. The first-order valence-corrected chi connectivity index (χ1v) is 7.87. The van der Waals surface area contributed by atoms with Crippen molar-refractivity contribution in [2.75, 3.05) is 17.2 Å². The van der Waals surface area contributed by atoms with E-state index in [-0.39, 0.29) is 0 Å². The summed E-state index contributed by atoms with van der Waals surface area (Å²) in [6.45, 7) is 3.64. The minimum atomic E-state index is 0.649. The van der Waals surface area contributed by atoms with Gasteiger partial charge < -0.3 is 10.6 Å². The molecule has 0 spiro atoms. The number of aromatic nitrogens is 3. The van der Waals surface area contributed by atoms with Crippen LogP contribution in [0.5, 0.6) is 0 Å². The highest BCUT2D eigenvalue weighted by molar-refractivity contribution is 7.16. The average molecular weight is 299 g/mol. The van der Waals surface area contributed by atoms with Crippen LogP contribution in [-0.4, -0.2) is 21.5 Å². The van der Waals surface area contributed by atoms with Crippen molar-refractivity contribution in [2.45, 2.75) is 19.9 Å². The summed E-state index contributed by atoms with van der Waals surface area (Å²) >= 11 is 1.62. The van der Waals surface area contributed by atoms with Gasteiger partial charge in [0, 0.05) is 12.7 Å². The van der Waals surface area contributed by atoms with Gasteiger partial charge in [0.05, 0.1) is 17.6 Å². The van der Waals surface area contributed by atoms with Crippen molar-refractivity contribution in [3.8, 4) is 0 Å². The Morgan fingerprint density at radius 2 is 2.10 bits per heavy atom. The van der Waals surface area contributed by atoms with Crippen molar-refractivity contribution in [3.63, 3.8) is 0 Å². The lowest BCUT2D eigenvalue weighted by atomic mass is 10.3. The van der Waals surface area contributed by atoms with E-state index in [0.717, 1.165) is 34.7 Å². The highest BCUT2D eigenvalue weighted by atomic mass is 32.1. The highest BCUT2D eigenvalue weighted by Gasteiger charge is 2.08. The maximum Gasteiger partial charge on any atom is 0.226 e. The lowest BCUT2D eigenvalue weighted by Crippen LogP contribution is -2.08. The molecule has 0 amide bonds. The van der Waals surface area contributed by atoms with Crippen molar-refractivity contribution >= 4 is 33.3 Å². The molecule has 3 aromatic heterocycles. The number of nitrogens with one attached hydrogen (secondary N) is 2. The van der Waals surface area contributed by atoms with Crippen LogP contribution in [0, 0.1) is 0 Å². The molecule has 3 aromatic rings. The maximum atomic E-state index is 4.57. The zero-order valence-electron chi connectivity index (χ0n) is 11.8. The summed E-state index contributed by atoms with van der Waals surface area (Å²) < 4.78 is 0. The number of rotatable bonds is 6. The summed E-state index contributed by atoms with van der Waals surface area (Å²) in [6, 6.07) is 7.94. The maximum absolute atomic E-state index is 4.57. The summed E-state index contributed by atoms with van der Waals surface area (Å²) in [5, 5.41) is 9.69. The van der Waals surface area contributed by atoms with E-state index in [1.807, 2.05) is 29.6 Å². The van der Waals surface area contributed by atoms with Gasteiger partial charge in [-0.3, -0.25) is 4.98 Å². The summed E-state index contributed by atoms with van der Waals surface area (Å²) in [5.41, 5.74) is 0.988. The van der Waals surface area contributed by atoms with Crippen molar-refractivity contribution in [1.82, 2.24) is 15.0 Å². The van der Waals surface area contributed by atoms with Crippen LogP contribution in [0.4, 0.5) is 11.8 Å². The van der Waals surface area contributed by atoms with Gasteiger partial charge in [0.1, 0.15) is 10.6 Å². The van der Waals surface area contributed by atoms with Crippen molar-refractivity contribution in [3.05, 3.63) is 41.5 Å². The highest BCUT2D eigenvalue weighted by Crippen LogP contribution is 2.26. The predicted molar refractivity (Wildman–Crippen MR) is 87.8 cm³/mol. The normalized spacial score (nSPS) is 10.7. The van der Waals surface area contributed by atoms with Crippen LogP contribution in [0.25, 0.3) is 10.2 Å². The Morgan fingerprint density at radius 1 is 1.14 bits per heavy atom. The zero-order valence-corrected chi connectivity index (χ0v) is 12.7. The van der Waals surface area contributed by atoms with Crippen molar-refractivity contribution in [2.24, 2.45) is 0 Å². The number of thiophene rings is 1.